The second-order valence-electron chi connectivity index (χ2n) is 3.49. The number of nitrogens with one attached hydrogen (secondary N) is 1. The maximum absolute atomic E-state index is 10.9. The molecule has 0 spiro atoms. The lowest BCUT2D eigenvalue weighted by atomic mass is 10.3. The van der Waals surface area contributed by atoms with Crippen molar-refractivity contribution < 1.29 is 9.66 Å². The Morgan fingerprint density at radius 1 is 1.37 bits per heavy atom. The Hall–Kier alpha value is -2.19. The predicted molar refractivity (Wildman–Crippen MR) is 72.9 cm³/mol. The molecule has 0 fully saturated rings. The Morgan fingerprint density at radius 3 is 2.84 bits per heavy atom. The van der Waals surface area contributed by atoms with Gasteiger partial charge >= 0.3 is 5.69 Å². The largest absolute Gasteiger partial charge is 0.450 e. The van der Waals surface area contributed by atoms with Crippen LogP contribution in [0.3, 0.4) is 0 Å². The molecule has 2 rings (SSSR count). The monoisotopic (exact) mass is 324 g/mol. The molecule has 0 aliphatic heterocycles. The highest BCUT2D eigenvalue weighted by atomic mass is 79.9. The van der Waals surface area contributed by atoms with Crippen molar-refractivity contribution in [1.82, 2.24) is 4.98 Å². The van der Waals surface area contributed by atoms with E-state index >= 15 is 0 Å². The summed E-state index contributed by atoms with van der Waals surface area (Å²) in [6.07, 6.45) is 1.48. The van der Waals surface area contributed by atoms with Crippen LogP contribution in [0.5, 0.6) is 11.5 Å². The zero-order chi connectivity index (χ0) is 13.8. The first-order valence-electron chi connectivity index (χ1n) is 5.14. The summed E-state index contributed by atoms with van der Waals surface area (Å²) in [5, 5.41) is 10.9. The fraction of sp³-hybridized carbons (Fsp3) is 0. The normalized spacial score (nSPS) is 10.0. The lowest BCUT2D eigenvalue weighted by Gasteiger charge is -2.07. The SMILES string of the molecule is NNc1cc(Oc2ccc(Br)cc2[N+](=O)[O-])ccn1. The van der Waals surface area contributed by atoms with Crippen LogP contribution in [0.1, 0.15) is 0 Å². The molecule has 8 heteroatoms. The predicted octanol–water partition coefficient (Wildman–Crippen LogP) is 2.83. The van der Waals surface area contributed by atoms with E-state index in [4.69, 9.17) is 10.6 Å². The lowest BCUT2D eigenvalue weighted by molar-refractivity contribution is -0.385. The van der Waals surface area contributed by atoms with Gasteiger partial charge in [-0.15, -0.1) is 0 Å². The van der Waals surface area contributed by atoms with Crippen molar-refractivity contribution in [3.05, 3.63) is 51.1 Å². The molecule has 7 nitrogen and oxygen atoms in total. The Bertz CT molecular complexity index is 621. The molecular formula is C11H9BrN4O3. The van der Waals surface area contributed by atoms with Gasteiger partial charge in [-0.05, 0) is 18.2 Å². The van der Waals surface area contributed by atoms with Gasteiger partial charge in [-0.2, -0.15) is 0 Å². The number of rotatable bonds is 4. The molecule has 0 saturated heterocycles. The third kappa shape index (κ3) is 3.18. The molecule has 0 radical (unpaired) electrons. The molecule has 0 saturated carbocycles. The molecule has 0 aliphatic carbocycles. The number of pyridine rings is 1. The molecule has 3 N–H and O–H groups in total. The average Bonchev–Trinajstić information content (AvgIpc) is 2.41. The summed E-state index contributed by atoms with van der Waals surface area (Å²) in [6, 6.07) is 7.65. The molecule has 98 valence electrons. The maximum atomic E-state index is 10.9. The Labute approximate surface area is 116 Å². The number of nitrogens with zero attached hydrogens (tertiary/aromatic N) is 2. The standard InChI is InChI=1S/C11H9BrN4O3/c12-7-1-2-10(9(5-7)16(17)18)19-8-3-4-14-11(6-8)15-13/h1-6H,13H2,(H,14,15). The molecule has 0 unspecified atom stereocenters. The van der Waals surface area contributed by atoms with Crippen LogP contribution in [-0.4, -0.2) is 9.91 Å². The minimum Gasteiger partial charge on any atom is -0.450 e. The van der Waals surface area contributed by atoms with E-state index in [1.54, 1.807) is 12.1 Å². The van der Waals surface area contributed by atoms with E-state index in [9.17, 15) is 10.1 Å². The zero-order valence-corrected chi connectivity index (χ0v) is 11.1. The fourth-order valence-electron chi connectivity index (χ4n) is 1.40. The average molecular weight is 325 g/mol. The van der Waals surface area contributed by atoms with Crippen molar-refractivity contribution in [3.8, 4) is 11.5 Å². The number of aromatic nitrogens is 1. The highest BCUT2D eigenvalue weighted by Gasteiger charge is 2.16. The van der Waals surface area contributed by atoms with Gasteiger partial charge in [0.05, 0.1) is 4.92 Å². The second-order valence-corrected chi connectivity index (χ2v) is 4.41. The molecule has 1 aromatic heterocycles. The van der Waals surface area contributed by atoms with E-state index in [0.717, 1.165) is 0 Å². The van der Waals surface area contributed by atoms with Crippen LogP contribution in [0.25, 0.3) is 0 Å². The lowest BCUT2D eigenvalue weighted by Crippen LogP contribution is -2.08. The molecule has 0 amide bonds. The van der Waals surface area contributed by atoms with Crippen LogP contribution >= 0.6 is 15.9 Å². The number of hydrogen-bond donors (Lipinski definition) is 2. The first kappa shape index (κ1) is 13.2. The van der Waals surface area contributed by atoms with Gasteiger partial charge in [0.1, 0.15) is 11.6 Å². The molecule has 19 heavy (non-hydrogen) atoms. The summed E-state index contributed by atoms with van der Waals surface area (Å²) in [5.74, 6) is 6.17. The third-order valence-corrected chi connectivity index (χ3v) is 2.72. The number of nitro benzene ring substituents is 1. The molecule has 0 aliphatic rings. The van der Waals surface area contributed by atoms with E-state index in [1.807, 2.05) is 0 Å². The van der Waals surface area contributed by atoms with E-state index in [1.165, 1.54) is 24.4 Å². The highest BCUT2D eigenvalue weighted by molar-refractivity contribution is 9.10. The molecule has 0 bridgehead atoms. The topological polar surface area (TPSA) is 103 Å². The molecule has 0 atom stereocenters. The van der Waals surface area contributed by atoms with Gasteiger partial charge in [0, 0.05) is 22.8 Å². The van der Waals surface area contributed by atoms with E-state index in [-0.39, 0.29) is 11.4 Å². The molecule has 1 aromatic carbocycles. The quantitative estimate of drug-likeness (QED) is 0.509. The number of nitrogen functional groups attached to an aromatic ring is 1. The molecule has 1 heterocycles. The number of anilines is 1. The van der Waals surface area contributed by atoms with Crippen molar-refractivity contribution in [1.29, 1.82) is 0 Å². The van der Waals surface area contributed by atoms with Gasteiger partial charge < -0.3 is 10.2 Å². The van der Waals surface area contributed by atoms with Gasteiger partial charge in [0.25, 0.3) is 0 Å². The van der Waals surface area contributed by atoms with Crippen molar-refractivity contribution in [2.24, 2.45) is 5.84 Å². The van der Waals surface area contributed by atoms with Crippen LogP contribution in [0.2, 0.25) is 0 Å². The van der Waals surface area contributed by atoms with E-state index < -0.39 is 4.92 Å². The molecular weight excluding hydrogens is 316 g/mol. The van der Waals surface area contributed by atoms with Crippen LogP contribution in [0, 0.1) is 10.1 Å². The maximum Gasteiger partial charge on any atom is 0.312 e. The first-order chi connectivity index (χ1) is 9.10. The smallest absolute Gasteiger partial charge is 0.312 e. The molecule has 2 aromatic rings. The van der Waals surface area contributed by atoms with Crippen LogP contribution in [0.4, 0.5) is 11.5 Å². The Morgan fingerprint density at radius 2 is 2.16 bits per heavy atom. The summed E-state index contributed by atoms with van der Waals surface area (Å²) in [5.41, 5.74) is 2.24. The van der Waals surface area contributed by atoms with Gasteiger partial charge in [0.2, 0.25) is 5.75 Å². The number of nitrogens with two attached hydrogens (primary N) is 1. The summed E-state index contributed by atoms with van der Waals surface area (Å²) < 4.78 is 6.07. The van der Waals surface area contributed by atoms with E-state index in [2.05, 4.69) is 26.3 Å². The number of hydrazine groups is 1. The van der Waals surface area contributed by atoms with E-state index in [0.29, 0.717) is 16.0 Å². The summed E-state index contributed by atoms with van der Waals surface area (Å²) in [7, 11) is 0. The van der Waals surface area contributed by atoms with Crippen molar-refractivity contribution in [3.63, 3.8) is 0 Å². The Kier molecular flexibility index (Phi) is 3.93. The number of halogens is 1. The fourth-order valence-corrected chi connectivity index (χ4v) is 1.75. The summed E-state index contributed by atoms with van der Waals surface area (Å²) in [4.78, 5) is 14.4. The second kappa shape index (κ2) is 5.63. The van der Waals surface area contributed by atoms with Gasteiger partial charge in [-0.25, -0.2) is 10.8 Å². The summed E-state index contributed by atoms with van der Waals surface area (Å²) >= 11 is 3.18. The highest BCUT2D eigenvalue weighted by Crippen LogP contribution is 2.33. The minimum absolute atomic E-state index is 0.131. The summed E-state index contributed by atoms with van der Waals surface area (Å²) in [6.45, 7) is 0. The van der Waals surface area contributed by atoms with Crippen LogP contribution < -0.4 is 16.0 Å². The van der Waals surface area contributed by atoms with Gasteiger partial charge in [-0.3, -0.25) is 10.1 Å². The number of hydrogen-bond acceptors (Lipinski definition) is 6. The Balaban J connectivity index is 2.34. The zero-order valence-electron chi connectivity index (χ0n) is 9.54. The van der Waals surface area contributed by atoms with Crippen LogP contribution in [-0.2, 0) is 0 Å². The van der Waals surface area contributed by atoms with Crippen molar-refractivity contribution in [2.75, 3.05) is 5.43 Å². The van der Waals surface area contributed by atoms with Crippen molar-refractivity contribution in [2.45, 2.75) is 0 Å². The van der Waals surface area contributed by atoms with Gasteiger partial charge in [-0.1, -0.05) is 15.9 Å². The van der Waals surface area contributed by atoms with Crippen LogP contribution in [0.15, 0.2) is 41.0 Å². The minimum atomic E-state index is -0.511. The van der Waals surface area contributed by atoms with Crippen molar-refractivity contribution >= 4 is 27.4 Å². The number of ether oxygens (including phenoxy) is 1. The number of benzene rings is 1. The first-order valence-corrected chi connectivity index (χ1v) is 5.94. The number of nitro groups is 1. The third-order valence-electron chi connectivity index (χ3n) is 2.22. The van der Waals surface area contributed by atoms with Gasteiger partial charge in [0.15, 0.2) is 0 Å².